The molecule has 0 bridgehead atoms. The van der Waals surface area contributed by atoms with Crippen LogP contribution in [-0.2, 0) is 0 Å². The molecule has 0 radical (unpaired) electrons. The van der Waals surface area contributed by atoms with Crippen molar-refractivity contribution in [3.05, 3.63) is 58.7 Å². The van der Waals surface area contributed by atoms with Crippen molar-refractivity contribution in [3.63, 3.8) is 0 Å². The number of thiophene rings is 1. The molecule has 1 aliphatic heterocycles. The molecule has 0 saturated heterocycles. The molecule has 2 atom stereocenters. The van der Waals surface area contributed by atoms with Crippen molar-refractivity contribution in [3.8, 4) is 0 Å². The lowest BCUT2D eigenvalue weighted by Gasteiger charge is -2.33. The second kappa shape index (κ2) is 6.69. The fourth-order valence-electron chi connectivity index (χ4n) is 3.04. The van der Waals surface area contributed by atoms with E-state index in [1.165, 1.54) is 17.5 Å². The van der Waals surface area contributed by atoms with Crippen LogP contribution in [0.25, 0.3) is 0 Å². The van der Waals surface area contributed by atoms with Crippen LogP contribution in [0.2, 0.25) is 0 Å². The van der Waals surface area contributed by atoms with Gasteiger partial charge in [-0.2, -0.15) is 18.3 Å². The first-order valence-corrected chi connectivity index (χ1v) is 8.97. The summed E-state index contributed by atoms with van der Waals surface area (Å²) in [6.07, 6.45) is -0.506. The van der Waals surface area contributed by atoms with Gasteiger partial charge in [-0.15, -0.1) is 11.3 Å². The molecule has 140 valence electrons. The maximum absolute atomic E-state index is 13.6. The molecule has 0 unspecified atom stereocenters. The van der Waals surface area contributed by atoms with E-state index in [1.807, 2.05) is 5.38 Å². The number of hydrogen-bond donors (Lipinski definition) is 2. The van der Waals surface area contributed by atoms with E-state index in [1.54, 1.807) is 30.5 Å². The summed E-state index contributed by atoms with van der Waals surface area (Å²) in [5.41, 5.74) is 0.495. The van der Waals surface area contributed by atoms with Gasteiger partial charge < -0.3 is 10.6 Å². The Bertz CT molecular complexity index is 939. The summed E-state index contributed by atoms with van der Waals surface area (Å²) >= 11 is 1.37. The number of carbonyl (C=O) groups excluding carboxylic acids is 1. The number of halogens is 3. The van der Waals surface area contributed by atoms with E-state index in [4.69, 9.17) is 0 Å². The van der Waals surface area contributed by atoms with Crippen molar-refractivity contribution in [2.75, 3.05) is 10.6 Å². The van der Waals surface area contributed by atoms with Crippen molar-refractivity contribution < 1.29 is 18.0 Å². The predicted octanol–water partition coefficient (Wildman–Crippen LogP) is 4.25. The Morgan fingerprint density at radius 1 is 1.30 bits per heavy atom. The van der Waals surface area contributed by atoms with Gasteiger partial charge >= 0.3 is 6.18 Å². The molecule has 1 aliphatic rings. The zero-order valence-corrected chi connectivity index (χ0v) is 14.6. The molecule has 10 heteroatoms. The lowest BCUT2D eigenvalue weighted by Crippen LogP contribution is -2.36. The Kier molecular flexibility index (Phi) is 4.34. The lowest BCUT2D eigenvalue weighted by atomic mass is 10.0. The SMILES string of the molecule is O=C(Nc1cccnc1)c1cnn2c1N[C@@H](c1cccs1)C[C@@H]2C(F)(F)F. The van der Waals surface area contributed by atoms with Gasteiger partial charge in [-0.25, -0.2) is 4.68 Å². The Balaban J connectivity index is 1.69. The third-order valence-corrected chi connectivity index (χ3v) is 5.28. The molecule has 0 saturated carbocycles. The van der Waals surface area contributed by atoms with Crippen LogP contribution < -0.4 is 10.6 Å². The van der Waals surface area contributed by atoms with Crippen LogP contribution >= 0.6 is 11.3 Å². The monoisotopic (exact) mass is 393 g/mol. The number of pyridine rings is 1. The molecule has 0 aliphatic carbocycles. The summed E-state index contributed by atoms with van der Waals surface area (Å²) in [6.45, 7) is 0. The van der Waals surface area contributed by atoms with Crippen LogP contribution in [0, 0.1) is 0 Å². The van der Waals surface area contributed by atoms with Gasteiger partial charge in [-0.1, -0.05) is 6.07 Å². The van der Waals surface area contributed by atoms with E-state index >= 15 is 0 Å². The van der Waals surface area contributed by atoms with Crippen LogP contribution in [0.15, 0.2) is 48.2 Å². The minimum Gasteiger partial charge on any atom is -0.362 e. The van der Waals surface area contributed by atoms with Crippen molar-refractivity contribution in [2.24, 2.45) is 0 Å². The Morgan fingerprint density at radius 3 is 2.81 bits per heavy atom. The first kappa shape index (κ1) is 17.5. The van der Waals surface area contributed by atoms with E-state index < -0.39 is 24.2 Å². The molecule has 0 fully saturated rings. The number of amides is 1. The molecule has 4 rings (SSSR count). The fourth-order valence-corrected chi connectivity index (χ4v) is 3.83. The predicted molar refractivity (Wildman–Crippen MR) is 94.8 cm³/mol. The summed E-state index contributed by atoms with van der Waals surface area (Å²) in [4.78, 5) is 17.3. The average molecular weight is 393 g/mol. The number of nitrogens with one attached hydrogen (secondary N) is 2. The molecular formula is C17H14F3N5OS. The smallest absolute Gasteiger partial charge is 0.362 e. The molecule has 0 spiro atoms. The van der Waals surface area contributed by atoms with E-state index in [0.29, 0.717) is 5.69 Å². The third-order valence-electron chi connectivity index (χ3n) is 4.29. The number of rotatable bonds is 3. The lowest BCUT2D eigenvalue weighted by molar-refractivity contribution is -0.173. The van der Waals surface area contributed by atoms with Gasteiger partial charge in [0.25, 0.3) is 5.91 Å². The van der Waals surface area contributed by atoms with Crippen LogP contribution in [0.5, 0.6) is 0 Å². The molecule has 2 N–H and O–H groups in total. The molecular weight excluding hydrogens is 379 g/mol. The largest absolute Gasteiger partial charge is 0.410 e. The number of alkyl halides is 3. The number of aromatic nitrogens is 3. The Morgan fingerprint density at radius 2 is 2.15 bits per heavy atom. The second-order valence-electron chi connectivity index (χ2n) is 6.05. The molecule has 27 heavy (non-hydrogen) atoms. The highest BCUT2D eigenvalue weighted by Gasteiger charge is 2.47. The maximum atomic E-state index is 13.6. The second-order valence-corrected chi connectivity index (χ2v) is 7.03. The molecule has 3 aromatic rings. The number of anilines is 2. The average Bonchev–Trinajstić information content (AvgIpc) is 3.30. The van der Waals surface area contributed by atoms with Gasteiger partial charge in [-0.3, -0.25) is 9.78 Å². The summed E-state index contributed by atoms with van der Waals surface area (Å²) in [7, 11) is 0. The first-order chi connectivity index (χ1) is 12.9. The van der Waals surface area contributed by atoms with Gasteiger partial charge in [0.2, 0.25) is 0 Å². The normalized spacial score (nSPS) is 19.2. The molecule has 0 aromatic carbocycles. The summed E-state index contributed by atoms with van der Waals surface area (Å²) in [6, 6.07) is 4.49. The highest BCUT2D eigenvalue weighted by molar-refractivity contribution is 7.10. The first-order valence-electron chi connectivity index (χ1n) is 8.09. The zero-order chi connectivity index (χ0) is 19.0. The number of carbonyl (C=O) groups is 1. The topological polar surface area (TPSA) is 71.8 Å². The van der Waals surface area contributed by atoms with E-state index in [0.717, 1.165) is 15.8 Å². The molecule has 4 heterocycles. The van der Waals surface area contributed by atoms with Crippen molar-refractivity contribution in [2.45, 2.75) is 24.7 Å². The number of nitrogens with zero attached hydrogens (tertiary/aromatic N) is 3. The van der Waals surface area contributed by atoms with Gasteiger partial charge in [0.05, 0.1) is 24.1 Å². The van der Waals surface area contributed by atoms with Gasteiger partial charge in [0.15, 0.2) is 6.04 Å². The minimum atomic E-state index is -4.48. The van der Waals surface area contributed by atoms with Gasteiger partial charge in [0, 0.05) is 17.5 Å². The fraction of sp³-hybridized carbons (Fsp3) is 0.235. The van der Waals surface area contributed by atoms with Crippen molar-refractivity contribution in [1.29, 1.82) is 0 Å². The van der Waals surface area contributed by atoms with Crippen molar-refractivity contribution >= 4 is 28.7 Å². The van der Waals surface area contributed by atoms with E-state index in [9.17, 15) is 18.0 Å². The van der Waals surface area contributed by atoms with Crippen LogP contribution in [0.1, 0.15) is 33.7 Å². The van der Waals surface area contributed by atoms with Gasteiger partial charge in [-0.05, 0) is 23.6 Å². The third kappa shape index (κ3) is 3.39. The molecule has 3 aromatic heterocycles. The number of hydrogen-bond acceptors (Lipinski definition) is 5. The summed E-state index contributed by atoms with van der Waals surface area (Å²) < 4.78 is 41.6. The van der Waals surface area contributed by atoms with Crippen LogP contribution in [0.4, 0.5) is 24.7 Å². The number of fused-ring (bicyclic) bond motifs is 1. The molecule has 1 amide bonds. The quantitative estimate of drug-likeness (QED) is 0.698. The van der Waals surface area contributed by atoms with Crippen LogP contribution in [0.3, 0.4) is 0 Å². The summed E-state index contributed by atoms with van der Waals surface area (Å²) in [5.74, 6) is -0.493. The summed E-state index contributed by atoms with van der Waals surface area (Å²) in [5, 5.41) is 11.3. The maximum Gasteiger partial charge on any atom is 0.410 e. The highest BCUT2D eigenvalue weighted by Crippen LogP contribution is 2.45. The zero-order valence-electron chi connectivity index (χ0n) is 13.8. The van der Waals surface area contributed by atoms with Gasteiger partial charge in [0.1, 0.15) is 11.4 Å². The van der Waals surface area contributed by atoms with Crippen molar-refractivity contribution in [1.82, 2.24) is 14.8 Å². The molecule has 6 nitrogen and oxygen atoms in total. The van der Waals surface area contributed by atoms with E-state index in [2.05, 4.69) is 20.7 Å². The van der Waals surface area contributed by atoms with E-state index in [-0.39, 0.29) is 17.8 Å². The Hall–Kier alpha value is -2.88. The highest BCUT2D eigenvalue weighted by atomic mass is 32.1. The Labute approximate surface area is 156 Å². The minimum absolute atomic E-state index is 0.0503. The van der Waals surface area contributed by atoms with Crippen LogP contribution in [-0.4, -0.2) is 26.8 Å². The standard InChI is InChI=1S/C17H14F3N5OS/c18-17(19,20)14-7-12(13-4-2-6-27-13)24-15-11(9-22-25(14)15)16(26)23-10-3-1-5-21-8-10/h1-6,8-9,12,14,24H,7H2,(H,23,26)/t12-,14-/m1/s1.